The molecule has 0 spiro atoms. The van der Waals surface area contributed by atoms with Crippen molar-refractivity contribution in [3.05, 3.63) is 35.1 Å². The topological polar surface area (TPSA) is 29.5 Å². The van der Waals surface area contributed by atoms with Crippen LogP contribution < -0.4 is 0 Å². The molecule has 94 valence electrons. The van der Waals surface area contributed by atoms with E-state index in [4.69, 9.17) is 4.74 Å². The van der Waals surface area contributed by atoms with Crippen LogP contribution in [0.15, 0.2) is 18.2 Å². The molecule has 0 bridgehead atoms. The van der Waals surface area contributed by atoms with Crippen LogP contribution in [0.2, 0.25) is 0 Å². The van der Waals surface area contributed by atoms with Crippen molar-refractivity contribution in [3.63, 3.8) is 0 Å². The fourth-order valence-corrected chi connectivity index (χ4v) is 2.27. The van der Waals surface area contributed by atoms with Crippen LogP contribution in [0.3, 0.4) is 0 Å². The quantitative estimate of drug-likeness (QED) is 0.858. The summed E-state index contributed by atoms with van der Waals surface area (Å²) in [4.78, 5) is 0. The molecule has 17 heavy (non-hydrogen) atoms. The highest BCUT2D eigenvalue weighted by atomic mass is 19.1. The summed E-state index contributed by atoms with van der Waals surface area (Å²) in [6.07, 6.45) is 1.16. The summed E-state index contributed by atoms with van der Waals surface area (Å²) >= 11 is 0. The van der Waals surface area contributed by atoms with Crippen molar-refractivity contribution in [1.29, 1.82) is 0 Å². The molecule has 2 rings (SSSR count). The monoisotopic (exact) mass is 238 g/mol. The first kappa shape index (κ1) is 12.5. The van der Waals surface area contributed by atoms with Gasteiger partial charge in [0.25, 0.3) is 0 Å². The molecular weight excluding hydrogens is 219 g/mol. The molecule has 1 aliphatic heterocycles. The molecule has 0 aliphatic carbocycles. The lowest BCUT2D eigenvalue weighted by Gasteiger charge is -2.33. The SMILES string of the molecule is CC(C)c1cc(C2(O)CCOCC2)ccc1F. The minimum Gasteiger partial charge on any atom is -0.385 e. The average Bonchev–Trinajstić information content (AvgIpc) is 2.30. The number of halogens is 1. The fourth-order valence-electron chi connectivity index (χ4n) is 2.27. The Morgan fingerprint density at radius 1 is 1.29 bits per heavy atom. The molecule has 1 aromatic rings. The van der Waals surface area contributed by atoms with Crippen LogP contribution in [0.4, 0.5) is 4.39 Å². The van der Waals surface area contributed by atoms with Gasteiger partial charge in [-0.2, -0.15) is 0 Å². The van der Waals surface area contributed by atoms with Gasteiger partial charge in [-0.15, -0.1) is 0 Å². The molecule has 0 atom stereocenters. The molecule has 0 saturated carbocycles. The highest BCUT2D eigenvalue weighted by molar-refractivity contribution is 5.31. The maximum atomic E-state index is 13.6. The molecule has 3 heteroatoms. The zero-order chi connectivity index (χ0) is 12.5. The van der Waals surface area contributed by atoms with Crippen LogP contribution in [-0.2, 0) is 10.3 Å². The molecule has 1 heterocycles. The third kappa shape index (κ3) is 2.50. The van der Waals surface area contributed by atoms with E-state index >= 15 is 0 Å². The Balaban J connectivity index is 2.35. The number of aliphatic hydroxyl groups is 1. The second kappa shape index (κ2) is 4.75. The Kier molecular flexibility index (Phi) is 3.50. The smallest absolute Gasteiger partial charge is 0.126 e. The molecule has 0 radical (unpaired) electrons. The number of rotatable bonds is 2. The molecular formula is C14H19FO2. The minimum absolute atomic E-state index is 0.124. The van der Waals surface area contributed by atoms with Crippen molar-refractivity contribution < 1.29 is 14.2 Å². The normalized spacial score (nSPS) is 19.6. The Morgan fingerprint density at radius 3 is 2.53 bits per heavy atom. The van der Waals surface area contributed by atoms with Gasteiger partial charge in [0, 0.05) is 26.1 Å². The number of hydrogen-bond acceptors (Lipinski definition) is 2. The third-order valence-electron chi connectivity index (χ3n) is 3.48. The van der Waals surface area contributed by atoms with Crippen LogP contribution in [-0.4, -0.2) is 18.3 Å². The van der Waals surface area contributed by atoms with E-state index in [0.717, 1.165) is 5.56 Å². The van der Waals surface area contributed by atoms with Crippen LogP contribution in [0.25, 0.3) is 0 Å². The van der Waals surface area contributed by atoms with Gasteiger partial charge in [0.1, 0.15) is 5.82 Å². The summed E-state index contributed by atoms with van der Waals surface area (Å²) in [5, 5.41) is 10.5. The maximum Gasteiger partial charge on any atom is 0.126 e. The molecule has 0 aromatic heterocycles. The van der Waals surface area contributed by atoms with E-state index in [0.29, 0.717) is 31.6 Å². The van der Waals surface area contributed by atoms with E-state index in [2.05, 4.69) is 0 Å². The Bertz CT molecular complexity index is 395. The van der Waals surface area contributed by atoms with Crippen molar-refractivity contribution in [1.82, 2.24) is 0 Å². The lowest BCUT2D eigenvalue weighted by Crippen LogP contribution is -2.33. The predicted octanol–water partition coefficient (Wildman–Crippen LogP) is 2.95. The highest BCUT2D eigenvalue weighted by Crippen LogP contribution is 2.34. The van der Waals surface area contributed by atoms with Crippen molar-refractivity contribution in [2.45, 2.75) is 38.2 Å². The first-order valence-electron chi connectivity index (χ1n) is 6.13. The van der Waals surface area contributed by atoms with Crippen LogP contribution in [0.5, 0.6) is 0 Å². The van der Waals surface area contributed by atoms with Gasteiger partial charge < -0.3 is 9.84 Å². The maximum absolute atomic E-state index is 13.6. The third-order valence-corrected chi connectivity index (χ3v) is 3.48. The molecule has 1 fully saturated rings. The van der Waals surface area contributed by atoms with E-state index < -0.39 is 5.60 Å². The minimum atomic E-state index is -0.852. The molecule has 0 amide bonds. The molecule has 0 unspecified atom stereocenters. The van der Waals surface area contributed by atoms with E-state index in [1.54, 1.807) is 12.1 Å². The van der Waals surface area contributed by atoms with Gasteiger partial charge in [-0.05, 0) is 29.2 Å². The highest BCUT2D eigenvalue weighted by Gasteiger charge is 2.32. The van der Waals surface area contributed by atoms with Gasteiger partial charge in [-0.1, -0.05) is 19.9 Å². The van der Waals surface area contributed by atoms with E-state index in [9.17, 15) is 9.50 Å². The average molecular weight is 238 g/mol. The van der Waals surface area contributed by atoms with Crippen molar-refractivity contribution in [2.75, 3.05) is 13.2 Å². The van der Waals surface area contributed by atoms with Crippen LogP contribution >= 0.6 is 0 Å². The first-order valence-corrected chi connectivity index (χ1v) is 6.13. The second-order valence-corrected chi connectivity index (χ2v) is 5.03. The van der Waals surface area contributed by atoms with Gasteiger partial charge in [0.15, 0.2) is 0 Å². The van der Waals surface area contributed by atoms with Crippen molar-refractivity contribution >= 4 is 0 Å². The molecule has 1 aromatic carbocycles. The Morgan fingerprint density at radius 2 is 1.94 bits per heavy atom. The summed E-state index contributed by atoms with van der Waals surface area (Å²) in [5.74, 6) is -0.0715. The second-order valence-electron chi connectivity index (χ2n) is 5.03. The predicted molar refractivity (Wildman–Crippen MR) is 64.4 cm³/mol. The van der Waals surface area contributed by atoms with Gasteiger partial charge in [-0.3, -0.25) is 0 Å². The lowest BCUT2D eigenvalue weighted by molar-refractivity contribution is -0.0679. The first-order chi connectivity index (χ1) is 8.03. The molecule has 1 aliphatic rings. The van der Waals surface area contributed by atoms with E-state index in [1.165, 1.54) is 6.07 Å². The van der Waals surface area contributed by atoms with Crippen LogP contribution in [0.1, 0.15) is 43.7 Å². The Labute approximate surface area is 101 Å². The summed E-state index contributed by atoms with van der Waals surface area (Å²) in [7, 11) is 0. The standard InChI is InChI=1S/C14H19FO2/c1-10(2)12-9-11(3-4-13(12)15)14(16)5-7-17-8-6-14/h3-4,9-10,16H,5-8H2,1-2H3. The van der Waals surface area contributed by atoms with Crippen molar-refractivity contribution in [2.24, 2.45) is 0 Å². The van der Waals surface area contributed by atoms with E-state index in [-0.39, 0.29) is 11.7 Å². The van der Waals surface area contributed by atoms with Gasteiger partial charge in [0.2, 0.25) is 0 Å². The summed E-state index contributed by atoms with van der Waals surface area (Å²) < 4.78 is 18.9. The number of benzene rings is 1. The molecule has 1 saturated heterocycles. The van der Waals surface area contributed by atoms with Gasteiger partial charge in [-0.25, -0.2) is 4.39 Å². The van der Waals surface area contributed by atoms with Crippen molar-refractivity contribution in [3.8, 4) is 0 Å². The number of ether oxygens (including phenoxy) is 1. The number of hydrogen-bond donors (Lipinski definition) is 1. The lowest BCUT2D eigenvalue weighted by atomic mass is 9.84. The zero-order valence-corrected chi connectivity index (χ0v) is 10.4. The zero-order valence-electron chi connectivity index (χ0n) is 10.4. The largest absolute Gasteiger partial charge is 0.385 e. The summed E-state index contributed by atoms with van der Waals surface area (Å²) in [6, 6.07) is 4.94. The van der Waals surface area contributed by atoms with E-state index in [1.807, 2.05) is 13.8 Å². The summed E-state index contributed by atoms with van der Waals surface area (Å²) in [5.41, 5.74) is 0.628. The molecule has 2 nitrogen and oxygen atoms in total. The van der Waals surface area contributed by atoms with Crippen LogP contribution in [0, 0.1) is 5.82 Å². The van der Waals surface area contributed by atoms with Gasteiger partial charge >= 0.3 is 0 Å². The van der Waals surface area contributed by atoms with Gasteiger partial charge in [0.05, 0.1) is 5.60 Å². The Hall–Kier alpha value is -0.930. The summed E-state index contributed by atoms with van der Waals surface area (Å²) in [6.45, 7) is 5.03. The molecule has 1 N–H and O–H groups in total. The fraction of sp³-hybridized carbons (Fsp3) is 0.571.